The van der Waals surface area contributed by atoms with Crippen molar-refractivity contribution >= 4 is 40.6 Å². The minimum absolute atomic E-state index is 0.224. The second-order valence-corrected chi connectivity index (χ2v) is 5.23. The normalized spacial score (nSPS) is 10.4. The molecule has 0 saturated carbocycles. The lowest BCUT2D eigenvalue weighted by molar-refractivity contribution is 0.103. The van der Waals surface area contributed by atoms with Crippen molar-refractivity contribution in [3.05, 3.63) is 62.6 Å². The maximum atomic E-state index is 12.6. The Hall–Kier alpha value is -1.22. The van der Waals surface area contributed by atoms with Gasteiger partial charge >= 0.3 is 0 Å². The average molecular weight is 330 g/mol. The first-order chi connectivity index (χ1) is 9.54. The highest BCUT2D eigenvalue weighted by molar-refractivity contribution is 6.44. The summed E-state index contributed by atoms with van der Waals surface area (Å²) < 4.78 is 5.45. The van der Waals surface area contributed by atoms with Crippen LogP contribution in [0.15, 0.2) is 36.4 Å². The molecule has 0 radical (unpaired) electrons. The van der Waals surface area contributed by atoms with Gasteiger partial charge < -0.3 is 4.74 Å². The van der Waals surface area contributed by atoms with Crippen molar-refractivity contribution in [2.24, 2.45) is 0 Å². The molecular formula is C15H11Cl3O2. The summed E-state index contributed by atoms with van der Waals surface area (Å²) in [6, 6.07) is 9.81. The topological polar surface area (TPSA) is 26.3 Å². The van der Waals surface area contributed by atoms with Gasteiger partial charge in [0.15, 0.2) is 5.78 Å². The molecule has 2 aromatic carbocycles. The Bertz CT molecular complexity index is 654. The summed E-state index contributed by atoms with van der Waals surface area (Å²) in [5.41, 5.74) is 0.686. The summed E-state index contributed by atoms with van der Waals surface area (Å²) in [6.07, 6.45) is 0. The van der Waals surface area contributed by atoms with Gasteiger partial charge in [-0.2, -0.15) is 0 Å². The first kappa shape index (κ1) is 15.2. The number of carbonyl (C=O) groups is 1. The van der Waals surface area contributed by atoms with Gasteiger partial charge in [0.25, 0.3) is 0 Å². The monoisotopic (exact) mass is 328 g/mol. The van der Waals surface area contributed by atoms with Crippen LogP contribution in [0.25, 0.3) is 0 Å². The number of ketones is 1. The van der Waals surface area contributed by atoms with Crippen LogP contribution < -0.4 is 4.74 Å². The molecule has 0 aromatic heterocycles. The molecule has 0 aliphatic rings. The quantitative estimate of drug-likeness (QED) is 0.714. The zero-order valence-electron chi connectivity index (χ0n) is 10.6. The van der Waals surface area contributed by atoms with Crippen molar-refractivity contribution in [2.45, 2.75) is 6.92 Å². The Morgan fingerprint density at radius 3 is 2.55 bits per heavy atom. The molecule has 0 heterocycles. The van der Waals surface area contributed by atoms with E-state index < -0.39 is 0 Å². The van der Waals surface area contributed by atoms with Crippen molar-refractivity contribution < 1.29 is 9.53 Å². The lowest BCUT2D eigenvalue weighted by Crippen LogP contribution is -2.06. The molecule has 0 aliphatic heterocycles. The highest BCUT2D eigenvalue weighted by atomic mass is 35.5. The number of benzene rings is 2. The van der Waals surface area contributed by atoms with Crippen LogP contribution in [-0.4, -0.2) is 12.4 Å². The molecule has 0 unspecified atom stereocenters. The van der Waals surface area contributed by atoms with Crippen molar-refractivity contribution in [1.82, 2.24) is 0 Å². The van der Waals surface area contributed by atoms with Gasteiger partial charge in [-0.05, 0) is 37.3 Å². The highest BCUT2D eigenvalue weighted by Crippen LogP contribution is 2.31. The summed E-state index contributed by atoms with van der Waals surface area (Å²) in [5, 5.41) is 1.01. The van der Waals surface area contributed by atoms with E-state index in [1.54, 1.807) is 36.4 Å². The van der Waals surface area contributed by atoms with Gasteiger partial charge in [-0.25, -0.2) is 0 Å². The minimum Gasteiger partial charge on any atom is -0.493 e. The van der Waals surface area contributed by atoms with Crippen LogP contribution in [0.2, 0.25) is 15.1 Å². The van der Waals surface area contributed by atoms with E-state index in [-0.39, 0.29) is 10.8 Å². The molecule has 0 bridgehead atoms. The van der Waals surface area contributed by atoms with Crippen molar-refractivity contribution in [3.63, 3.8) is 0 Å². The van der Waals surface area contributed by atoms with Gasteiger partial charge in [0.05, 0.1) is 22.2 Å². The summed E-state index contributed by atoms with van der Waals surface area (Å²) >= 11 is 18.0. The first-order valence-corrected chi connectivity index (χ1v) is 7.09. The third kappa shape index (κ3) is 3.09. The third-order valence-electron chi connectivity index (χ3n) is 2.68. The van der Waals surface area contributed by atoms with E-state index in [2.05, 4.69) is 0 Å². The Morgan fingerprint density at radius 1 is 1.10 bits per heavy atom. The molecule has 104 valence electrons. The Kier molecular flexibility index (Phi) is 4.92. The maximum absolute atomic E-state index is 12.6. The number of ether oxygens (including phenoxy) is 1. The number of hydrogen-bond donors (Lipinski definition) is 0. The van der Waals surface area contributed by atoms with E-state index in [1.165, 1.54) is 0 Å². The molecule has 0 N–H and O–H groups in total. The van der Waals surface area contributed by atoms with Crippen molar-refractivity contribution in [3.8, 4) is 5.75 Å². The van der Waals surface area contributed by atoms with Crippen LogP contribution >= 0.6 is 34.8 Å². The molecule has 2 rings (SSSR count). The van der Waals surface area contributed by atoms with Crippen LogP contribution in [0.5, 0.6) is 5.75 Å². The van der Waals surface area contributed by atoms with E-state index in [9.17, 15) is 4.79 Å². The predicted octanol–water partition coefficient (Wildman–Crippen LogP) is 5.28. The van der Waals surface area contributed by atoms with E-state index in [0.29, 0.717) is 33.5 Å². The predicted molar refractivity (Wildman–Crippen MR) is 82.5 cm³/mol. The number of hydrogen-bond acceptors (Lipinski definition) is 2. The van der Waals surface area contributed by atoms with Gasteiger partial charge in [0, 0.05) is 10.6 Å². The van der Waals surface area contributed by atoms with Gasteiger partial charge in [-0.15, -0.1) is 0 Å². The molecule has 2 nitrogen and oxygen atoms in total. The van der Waals surface area contributed by atoms with E-state index in [1.807, 2.05) is 6.92 Å². The molecule has 20 heavy (non-hydrogen) atoms. The van der Waals surface area contributed by atoms with Gasteiger partial charge in [0.1, 0.15) is 5.75 Å². The lowest BCUT2D eigenvalue weighted by Gasteiger charge is -2.11. The molecule has 0 fully saturated rings. The summed E-state index contributed by atoms with van der Waals surface area (Å²) in [4.78, 5) is 12.6. The Labute approximate surface area is 132 Å². The van der Waals surface area contributed by atoms with E-state index >= 15 is 0 Å². The molecule has 0 aliphatic carbocycles. The second kappa shape index (κ2) is 6.49. The Morgan fingerprint density at radius 2 is 1.85 bits per heavy atom. The van der Waals surface area contributed by atoms with Crippen LogP contribution in [0.1, 0.15) is 22.8 Å². The van der Waals surface area contributed by atoms with Crippen LogP contribution in [0, 0.1) is 0 Å². The average Bonchev–Trinajstić information content (AvgIpc) is 2.43. The minimum atomic E-state index is -0.275. The maximum Gasteiger partial charge on any atom is 0.198 e. The smallest absolute Gasteiger partial charge is 0.198 e. The molecule has 2 aromatic rings. The molecule has 0 amide bonds. The fourth-order valence-corrected chi connectivity index (χ4v) is 2.34. The van der Waals surface area contributed by atoms with E-state index in [4.69, 9.17) is 39.5 Å². The highest BCUT2D eigenvalue weighted by Gasteiger charge is 2.19. The molecule has 5 heteroatoms. The molecular weight excluding hydrogens is 319 g/mol. The summed E-state index contributed by atoms with van der Waals surface area (Å²) in [7, 11) is 0. The molecule has 0 atom stereocenters. The Balaban J connectivity index is 2.52. The van der Waals surface area contributed by atoms with Gasteiger partial charge in [0.2, 0.25) is 0 Å². The van der Waals surface area contributed by atoms with Crippen molar-refractivity contribution in [1.29, 1.82) is 0 Å². The fourth-order valence-electron chi connectivity index (χ4n) is 1.79. The fraction of sp³-hybridized carbons (Fsp3) is 0.133. The van der Waals surface area contributed by atoms with Gasteiger partial charge in [-0.1, -0.05) is 40.9 Å². The zero-order valence-corrected chi connectivity index (χ0v) is 12.9. The number of rotatable bonds is 4. The first-order valence-electron chi connectivity index (χ1n) is 5.95. The molecule has 0 saturated heterocycles. The summed E-state index contributed by atoms with van der Waals surface area (Å²) in [6.45, 7) is 2.29. The zero-order chi connectivity index (χ0) is 14.7. The second-order valence-electron chi connectivity index (χ2n) is 4.00. The lowest BCUT2D eigenvalue weighted by atomic mass is 10.0. The third-order valence-corrected chi connectivity index (χ3v) is 3.74. The number of halogens is 3. The van der Waals surface area contributed by atoms with E-state index in [0.717, 1.165) is 0 Å². The van der Waals surface area contributed by atoms with Crippen LogP contribution in [-0.2, 0) is 0 Å². The van der Waals surface area contributed by atoms with Crippen molar-refractivity contribution in [2.75, 3.05) is 6.61 Å². The van der Waals surface area contributed by atoms with Crippen LogP contribution in [0.3, 0.4) is 0 Å². The number of carbonyl (C=O) groups excluding carboxylic acids is 1. The SMILES string of the molecule is CCOc1ccc(Cl)cc1C(=O)c1cccc(Cl)c1Cl. The van der Waals surface area contributed by atoms with Crippen LogP contribution in [0.4, 0.5) is 0 Å². The standard InChI is InChI=1S/C15H11Cl3O2/c1-2-20-13-7-6-9(16)8-11(13)15(19)10-4-3-5-12(17)14(10)18/h3-8H,2H2,1H3. The summed E-state index contributed by atoms with van der Waals surface area (Å²) in [5.74, 6) is 0.196. The largest absolute Gasteiger partial charge is 0.493 e. The molecule has 0 spiro atoms. The van der Waals surface area contributed by atoms with Gasteiger partial charge in [-0.3, -0.25) is 4.79 Å².